The van der Waals surface area contributed by atoms with Crippen LogP contribution in [0, 0.1) is 0 Å². The lowest BCUT2D eigenvalue weighted by molar-refractivity contribution is -0.122. The molecule has 17 heavy (non-hydrogen) atoms. The molecule has 1 amide bonds. The fourth-order valence-electron chi connectivity index (χ4n) is 0.952. The molecule has 1 N–H and O–H groups in total. The molecule has 6 nitrogen and oxygen atoms in total. The van der Waals surface area contributed by atoms with Crippen LogP contribution in [-0.4, -0.2) is 28.0 Å². The summed E-state index contributed by atoms with van der Waals surface area (Å²) < 4.78 is 41.7. The minimum Gasteiger partial charge on any atom is -0.484 e. The second-order valence-electron chi connectivity index (χ2n) is 2.91. The van der Waals surface area contributed by atoms with E-state index in [1.807, 2.05) is 0 Å². The highest BCUT2D eigenvalue weighted by atomic mass is 32.3. The molecule has 0 bridgehead atoms. The number of halogens is 1. The standard InChI is InChI=1S/C9H10FNO5S/c1-11-9(12)6-15-7-3-2-4-8(5-7)16-17(10,13)14/h2-5H,6H2,1H3,(H,11,12). The summed E-state index contributed by atoms with van der Waals surface area (Å²) in [4.78, 5) is 10.9. The molecule has 94 valence electrons. The Morgan fingerprint density at radius 1 is 1.41 bits per heavy atom. The number of carbonyl (C=O) groups is 1. The largest absolute Gasteiger partial charge is 0.488 e. The predicted molar refractivity (Wildman–Crippen MR) is 56.7 cm³/mol. The van der Waals surface area contributed by atoms with E-state index in [1.54, 1.807) is 0 Å². The van der Waals surface area contributed by atoms with E-state index in [0.29, 0.717) is 0 Å². The Labute approximate surface area is 97.8 Å². The molecule has 0 saturated heterocycles. The van der Waals surface area contributed by atoms with Gasteiger partial charge in [-0.3, -0.25) is 4.79 Å². The van der Waals surface area contributed by atoms with E-state index >= 15 is 0 Å². The number of nitrogens with one attached hydrogen (secondary N) is 1. The van der Waals surface area contributed by atoms with Gasteiger partial charge in [0.25, 0.3) is 5.91 Å². The van der Waals surface area contributed by atoms with Gasteiger partial charge >= 0.3 is 10.5 Å². The Balaban J connectivity index is 2.69. The van der Waals surface area contributed by atoms with Gasteiger partial charge in [0, 0.05) is 13.1 Å². The quantitative estimate of drug-likeness (QED) is 0.778. The first-order valence-corrected chi connectivity index (χ1v) is 5.79. The summed E-state index contributed by atoms with van der Waals surface area (Å²) in [5.74, 6) is -0.397. The maximum atomic E-state index is 12.2. The number of likely N-dealkylation sites (N-methyl/N-ethyl adjacent to an activating group) is 1. The first kappa shape index (κ1) is 13.2. The predicted octanol–water partition coefficient (Wildman–Crippen LogP) is 0.404. The highest BCUT2D eigenvalue weighted by molar-refractivity contribution is 7.81. The number of amides is 1. The van der Waals surface area contributed by atoms with Gasteiger partial charge in [-0.2, -0.15) is 8.42 Å². The normalized spacial score (nSPS) is 10.7. The van der Waals surface area contributed by atoms with Gasteiger partial charge < -0.3 is 14.2 Å². The maximum absolute atomic E-state index is 12.2. The van der Waals surface area contributed by atoms with Gasteiger partial charge in [-0.15, -0.1) is 0 Å². The van der Waals surface area contributed by atoms with Gasteiger partial charge in [0.05, 0.1) is 0 Å². The molecule has 0 heterocycles. The molecule has 0 aliphatic rings. The zero-order valence-corrected chi connectivity index (χ0v) is 9.66. The third-order valence-corrected chi connectivity index (χ3v) is 2.04. The van der Waals surface area contributed by atoms with Crippen LogP contribution < -0.4 is 14.2 Å². The van der Waals surface area contributed by atoms with Crippen LogP contribution in [0.3, 0.4) is 0 Å². The second-order valence-corrected chi connectivity index (χ2v) is 3.87. The van der Waals surface area contributed by atoms with E-state index in [4.69, 9.17) is 4.74 Å². The average molecular weight is 263 g/mol. The van der Waals surface area contributed by atoms with E-state index in [9.17, 15) is 17.1 Å². The molecule has 1 rings (SSSR count). The van der Waals surface area contributed by atoms with Crippen molar-refractivity contribution in [2.75, 3.05) is 13.7 Å². The number of ether oxygens (including phenoxy) is 1. The minimum atomic E-state index is -5.06. The van der Waals surface area contributed by atoms with Crippen LogP contribution in [-0.2, 0) is 15.3 Å². The number of hydrogen-bond donors (Lipinski definition) is 1. The summed E-state index contributed by atoms with van der Waals surface area (Å²) in [6.45, 7) is -0.234. The van der Waals surface area contributed by atoms with Crippen LogP contribution in [0.25, 0.3) is 0 Å². The number of rotatable bonds is 5. The van der Waals surface area contributed by atoms with Crippen molar-refractivity contribution in [2.45, 2.75) is 0 Å². The monoisotopic (exact) mass is 263 g/mol. The van der Waals surface area contributed by atoms with Crippen molar-refractivity contribution >= 4 is 16.4 Å². The average Bonchev–Trinajstić information content (AvgIpc) is 2.24. The van der Waals surface area contributed by atoms with E-state index in [0.717, 1.165) is 6.07 Å². The van der Waals surface area contributed by atoms with Crippen molar-refractivity contribution < 1.29 is 26.0 Å². The zero-order chi connectivity index (χ0) is 12.9. The minimum absolute atomic E-state index is 0.190. The van der Waals surface area contributed by atoms with Gasteiger partial charge in [-0.25, -0.2) is 0 Å². The Bertz CT molecular complexity index is 502. The molecule has 1 aromatic carbocycles. The molecular formula is C9H10FNO5S. The Morgan fingerprint density at radius 2 is 2.06 bits per heavy atom. The molecule has 0 atom stereocenters. The molecule has 0 aromatic heterocycles. The van der Waals surface area contributed by atoms with E-state index in [2.05, 4.69) is 9.50 Å². The van der Waals surface area contributed by atoms with Crippen molar-refractivity contribution in [3.63, 3.8) is 0 Å². The number of hydrogen-bond acceptors (Lipinski definition) is 5. The van der Waals surface area contributed by atoms with Gasteiger partial charge in [0.2, 0.25) is 0 Å². The summed E-state index contributed by atoms with van der Waals surface area (Å²) in [6, 6.07) is 5.27. The number of carbonyl (C=O) groups excluding carboxylic acids is 1. The topological polar surface area (TPSA) is 81.7 Å². The number of benzene rings is 1. The van der Waals surface area contributed by atoms with Crippen LogP contribution >= 0.6 is 0 Å². The van der Waals surface area contributed by atoms with Crippen LogP contribution in [0.2, 0.25) is 0 Å². The van der Waals surface area contributed by atoms with Crippen molar-refractivity contribution in [2.24, 2.45) is 0 Å². The molecule has 0 saturated carbocycles. The summed E-state index contributed by atoms with van der Waals surface area (Å²) >= 11 is 0. The van der Waals surface area contributed by atoms with E-state index < -0.39 is 10.5 Å². The van der Waals surface area contributed by atoms with Crippen molar-refractivity contribution in [3.8, 4) is 11.5 Å². The zero-order valence-electron chi connectivity index (χ0n) is 8.84. The fourth-order valence-corrected chi connectivity index (χ4v) is 1.29. The summed E-state index contributed by atoms with van der Waals surface area (Å²) in [7, 11) is -3.62. The van der Waals surface area contributed by atoms with Gasteiger partial charge in [0.1, 0.15) is 11.5 Å². The SMILES string of the molecule is CNC(=O)COc1cccc(OS(=O)(=O)F)c1. The lowest BCUT2D eigenvalue weighted by atomic mass is 10.3. The van der Waals surface area contributed by atoms with Gasteiger partial charge in [-0.05, 0) is 12.1 Å². The van der Waals surface area contributed by atoms with Crippen LogP contribution in [0.1, 0.15) is 0 Å². The maximum Gasteiger partial charge on any atom is 0.488 e. The smallest absolute Gasteiger partial charge is 0.484 e. The molecule has 0 aliphatic carbocycles. The van der Waals surface area contributed by atoms with E-state index in [-0.39, 0.29) is 24.0 Å². The first-order valence-electron chi connectivity index (χ1n) is 4.48. The molecule has 8 heteroatoms. The lowest BCUT2D eigenvalue weighted by Gasteiger charge is -2.06. The Kier molecular flexibility index (Phi) is 4.27. The summed E-state index contributed by atoms with van der Waals surface area (Å²) in [5.41, 5.74) is 0. The summed E-state index contributed by atoms with van der Waals surface area (Å²) in [5, 5.41) is 2.34. The summed E-state index contributed by atoms with van der Waals surface area (Å²) in [6.07, 6.45) is 0. The molecule has 1 aromatic rings. The second kappa shape index (κ2) is 5.48. The molecule has 0 spiro atoms. The first-order chi connectivity index (χ1) is 7.90. The van der Waals surface area contributed by atoms with Crippen molar-refractivity contribution in [1.29, 1.82) is 0 Å². The third kappa shape index (κ3) is 5.16. The van der Waals surface area contributed by atoms with Crippen LogP contribution in [0.5, 0.6) is 11.5 Å². The fraction of sp³-hybridized carbons (Fsp3) is 0.222. The van der Waals surface area contributed by atoms with Gasteiger partial charge in [0.15, 0.2) is 6.61 Å². The van der Waals surface area contributed by atoms with Crippen LogP contribution in [0.4, 0.5) is 3.89 Å². The Hall–Kier alpha value is -1.83. The molecule has 0 radical (unpaired) electrons. The van der Waals surface area contributed by atoms with Crippen molar-refractivity contribution in [1.82, 2.24) is 5.32 Å². The highest BCUT2D eigenvalue weighted by Gasteiger charge is 2.10. The highest BCUT2D eigenvalue weighted by Crippen LogP contribution is 2.20. The Morgan fingerprint density at radius 3 is 2.65 bits per heavy atom. The molecular weight excluding hydrogens is 253 g/mol. The van der Waals surface area contributed by atoms with Crippen LogP contribution in [0.15, 0.2) is 24.3 Å². The van der Waals surface area contributed by atoms with Gasteiger partial charge in [-0.1, -0.05) is 9.95 Å². The third-order valence-electron chi connectivity index (χ3n) is 1.65. The van der Waals surface area contributed by atoms with E-state index in [1.165, 1.54) is 25.2 Å². The van der Waals surface area contributed by atoms with Crippen molar-refractivity contribution in [3.05, 3.63) is 24.3 Å². The molecule has 0 unspecified atom stereocenters. The molecule has 0 fully saturated rings. The lowest BCUT2D eigenvalue weighted by Crippen LogP contribution is -2.24. The molecule has 0 aliphatic heterocycles.